The van der Waals surface area contributed by atoms with Crippen LogP contribution in [0.4, 0.5) is 10.1 Å². The standard InChI is InChI=1S/C14H21FN2O3S/c15-12-9-11(16)5-6-13(12)21(19,20)17-10-14(18)7-3-1-2-4-8-14/h5-6,9,17-18H,1-4,7-8,10,16H2. The Balaban J connectivity index is 2.10. The molecule has 0 spiro atoms. The van der Waals surface area contributed by atoms with E-state index >= 15 is 0 Å². The van der Waals surface area contributed by atoms with Gasteiger partial charge in [0.2, 0.25) is 10.0 Å². The fourth-order valence-corrected chi connectivity index (χ4v) is 3.78. The average Bonchev–Trinajstić information content (AvgIpc) is 2.62. The van der Waals surface area contributed by atoms with E-state index in [0.717, 1.165) is 37.8 Å². The monoisotopic (exact) mass is 316 g/mol. The first-order chi connectivity index (χ1) is 9.82. The number of hydrogen-bond donors (Lipinski definition) is 3. The quantitative estimate of drug-likeness (QED) is 0.583. The Hall–Kier alpha value is -1.18. The summed E-state index contributed by atoms with van der Waals surface area (Å²) < 4.78 is 40.3. The van der Waals surface area contributed by atoms with Gasteiger partial charge in [-0.1, -0.05) is 25.7 Å². The van der Waals surface area contributed by atoms with Crippen molar-refractivity contribution in [3.05, 3.63) is 24.0 Å². The predicted octanol–water partition coefficient (Wildman–Crippen LogP) is 1.77. The van der Waals surface area contributed by atoms with Crippen molar-refractivity contribution in [1.82, 2.24) is 4.72 Å². The Kier molecular flexibility index (Phi) is 4.85. The van der Waals surface area contributed by atoms with Gasteiger partial charge in [-0.2, -0.15) is 0 Å². The summed E-state index contributed by atoms with van der Waals surface area (Å²) in [5, 5.41) is 10.4. The largest absolute Gasteiger partial charge is 0.399 e. The van der Waals surface area contributed by atoms with Crippen LogP contribution in [-0.2, 0) is 10.0 Å². The van der Waals surface area contributed by atoms with Gasteiger partial charge in [0.05, 0.1) is 5.60 Å². The second kappa shape index (κ2) is 6.29. The fraction of sp³-hybridized carbons (Fsp3) is 0.571. The molecule has 4 N–H and O–H groups in total. The molecule has 118 valence electrons. The number of nitrogen functional groups attached to an aromatic ring is 1. The number of aliphatic hydroxyl groups is 1. The third-order valence-corrected chi connectivity index (χ3v) is 5.31. The molecule has 0 saturated heterocycles. The molecule has 0 aliphatic heterocycles. The van der Waals surface area contributed by atoms with Crippen molar-refractivity contribution in [3.63, 3.8) is 0 Å². The van der Waals surface area contributed by atoms with E-state index in [1.807, 2.05) is 0 Å². The molecule has 1 aromatic rings. The predicted molar refractivity (Wildman–Crippen MR) is 78.7 cm³/mol. The van der Waals surface area contributed by atoms with Crippen LogP contribution in [0.25, 0.3) is 0 Å². The maximum atomic E-state index is 13.7. The molecular weight excluding hydrogens is 295 g/mol. The molecule has 1 fully saturated rings. The van der Waals surface area contributed by atoms with E-state index in [1.165, 1.54) is 6.07 Å². The minimum absolute atomic E-state index is 0.0981. The first kappa shape index (κ1) is 16.2. The Morgan fingerprint density at radius 1 is 1.24 bits per heavy atom. The van der Waals surface area contributed by atoms with E-state index in [-0.39, 0.29) is 12.2 Å². The second-order valence-electron chi connectivity index (χ2n) is 5.65. The number of anilines is 1. The molecule has 0 bridgehead atoms. The zero-order chi connectivity index (χ0) is 15.5. The lowest BCUT2D eigenvalue weighted by atomic mass is 9.95. The van der Waals surface area contributed by atoms with E-state index in [2.05, 4.69) is 4.72 Å². The summed E-state index contributed by atoms with van der Waals surface area (Å²) in [4.78, 5) is -0.450. The smallest absolute Gasteiger partial charge is 0.243 e. The van der Waals surface area contributed by atoms with Crippen LogP contribution >= 0.6 is 0 Å². The second-order valence-corrected chi connectivity index (χ2v) is 7.39. The van der Waals surface area contributed by atoms with Crippen LogP contribution in [-0.4, -0.2) is 25.7 Å². The molecule has 1 saturated carbocycles. The molecular formula is C14H21FN2O3S. The van der Waals surface area contributed by atoms with Gasteiger partial charge in [0.15, 0.2) is 0 Å². The van der Waals surface area contributed by atoms with Gasteiger partial charge >= 0.3 is 0 Å². The Bertz CT molecular complexity index is 596. The molecule has 2 rings (SSSR count). The molecule has 0 radical (unpaired) electrons. The number of benzene rings is 1. The highest BCUT2D eigenvalue weighted by Gasteiger charge is 2.30. The molecule has 0 amide bonds. The first-order valence-electron chi connectivity index (χ1n) is 7.10. The summed E-state index contributed by atoms with van der Waals surface area (Å²) in [7, 11) is -4.00. The molecule has 0 aromatic heterocycles. The highest BCUT2D eigenvalue weighted by atomic mass is 32.2. The van der Waals surface area contributed by atoms with Gasteiger partial charge in [0.1, 0.15) is 10.7 Å². The number of nitrogens with one attached hydrogen (secondary N) is 1. The molecule has 7 heteroatoms. The van der Waals surface area contributed by atoms with Crippen LogP contribution in [0.15, 0.2) is 23.1 Å². The van der Waals surface area contributed by atoms with Crippen molar-refractivity contribution in [3.8, 4) is 0 Å². The lowest BCUT2D eigenvalue weighted by Gasteiger charge is -2.26. The van der Waals surface area contributed by atoms with Crippen LogP contribution in [0, 0.1) is 5.82 Å². The van der Waals surface area contributed by atoms with Crippen molar-refractivity contribution >= 4 is 15.7 Å². The Morgan fingerprint density at radius 2 is 1.86 bits per heavy atom. The molecule has 0 heterocycles. The molecule has 5 nitrogen and oxygen atoms in total. The first-order valence-corrected chi connectivity index (χ1v) is 8.58. The highest BCUT2D eigenvalue weighted by Crippen LogP contribution is 2.27. The highest BCUT2D eigenvalue weighted by molar-refractivity contribution is 7.89. The number of nitrogens with two attached hydrogens (primary N) is 1. The van der Waals surface area contributed by atoms with Crippen LogP contribution in [0.5, 0.6) is 0 Å². The summed E-state index contributed by atoms with van der Waals surface area (Å²) in [6, 6.07) is 3.43. The number of hydrogen-bond acceptors (Lipinski definition) is 4. The Morgan fingerprint density at radius 3 is 2.43 bits per heavy atom. The normalized spacial score (nSPS) is 19.1. The maximum absolute atomic E-state index is 13.7. The van der Waals surface area contributed by atoms with E-state index in [4.69, 9.17) is 5.73 Å². The molecule has 21 heavy (non-hydrogen) atoms. The van der Waals surface area contributed by atoms with E-state index in [1.54, 1.807) is 0 Å². The van der Waals surface area contributed by atoms with Crippen molar-refractivity contribution < 1.29 is 17.9 Å². The topological polar surface area (TPSA) is 92.4 Å². The summed E-state index contributed by atoms with van der Waals surface area (Å²) >= 11 is 0. The molecule has 1 aliphatic rings. The molecule has 0 unspecified atom stereocenters. The Labute approximate surface area is 124 Å². The average molecular weight is 316 g/mol. The SMILES string of the molecule is Nc1ccc(S(=O)(=O)NCC2(O)CCCCCC2)c(F)c1. The van der Waals surface area contributed by atoms with E-state index in [0.29, 0.717) is 12.8 Å². The fourth-order valence-electron chi connectivity index (χ4n) is 2.61. The van der Waals surface area contributed by atoms with Crippen LogP contribution in [0.3, 0.4) is 0 Å². The maximum Gasteiger partial charge on any atom is 0.243 e. The number of rotatable bonds is 4. The summed E-state index contributed by atoms with van der Waals surface area (Å²) in [5.74, 6) is -0.893. The van der Waals surface area contributed by atoms with Crippen molar-refractivity contribution in [2.24, 2.45) is 0 Å². The van der Waals surface area contributed by atoms with Gasteiger partial charge in [-0.15, -0.1) is 0 Å². The van der Waals surface area contributed by atoms with Crippen molar-refractivity contribution in [1.29, 1.82) is 0 Å². The van der Waals surface area contributed by atoms with Crippen molar-refractivity contribution in [2.45, 2.75) is 49.0 Å². The van der Waals surface area contributed by atoms with Gasteiger partial charge in [-0.3, -0.25) is 0 Å². The van der Waals surface area contributed by atoms with Gasteiger partial charge < -0.3 is 10.8 Å². The number of halogens is 1. The molecule has 1 aliphatic carbocycles. The lowest BCUT2D eigenvalue weighted by Crippen LogP contribution is -2.42. The van der Waals surface area contributed by atoms with Gasteiger partial charge in [0.25, 0.3) is 0 Å². The minimum atomic E-state index is -4.00. The van der Waals surface area contributed by atoms with E-state index in [9.17, 15) is 17.9 Å². The third-order valence-electron chi connectivity index (χ3n) is 3.87. The zero-order valence-electron chi connectivity index (χ0n) is 11.8. The van der Waals surface area contributed by atoms with Crippen LogP contribution < -0.4 is 10.5 Å². The van der Waals surface area contributed by atoms with Gasteiger partial charge in [-0.25, -0.2) is 17.5 Å². The lowest BCUT2D eigenvalue weighted by molar-refractivity contribution is 0.0303. The van der Waals surface area contributed by atoms with E-state index < -0.39 is 26.3 Å². The summed E-state index contributed by atoms with van der Waals surface area (Å²) in [6.45, 7) is -0.0981. The zero-order valence-corrected chi connectivity index (χ0v) is 12.6. The summed E-state index contributed by atoms with van der Waals surface area (Å²) in [5.41, 5.74) is 4.52. The minimum Gasteiger partial charge on any atom is -0.399 e. The van der Waals surface area contributed by atoms with Crippen LogP contribution in [0.1, 0.15) is 38.5 Å². The van der Waals surface area contributed by atoms with Gasteiger partial charge in [0, 0.05) is 12.2 Å². The molecule has 0 atom stereocenters. The number of sulfonamides is 1. The van der Waals surface area contributed by atoms with Crippen LogP contribution in [0.2, 0.25) is 0 Å². The van der Waals surface area contributed by atoms with Crippen molar-refractivity contribution in [2.75, 3.05) is 12.3 Å². The summed E-state index contributed by atoms with van der Waals surface area (Å²) in [6.07, 6.45) is 4.94. The van der Waals surface area contributed by atoms with Gasteiger partial charge in [-0.05, 0) is 31.0 Å². The third kappa shape index (κ3) is 4.15. The molecule has 1 aromatic carbocycles.